The lowest BCUT2D eigenvalue weighted by Crippen LogP contribution is -2.15. The van der Waals surface area contributed by atoms with Gasteiger partial charge in [0.2, 0.25) is 0 Å². The molecule has 0 aromatic carbocycles. The second-order valence-corrected chi connectivity index (χ2v) is 2.91. The third-order valence-corrected chi connectivity index (χ3v) is 0.908. The fourth-order valence-electron chi connectivity index (χ4n) is 0.0577. The molecule has 0 amide bonds. The molecule has 0 fully saturated rings. The molecular weight excluding hydrogens is 232 g/mol. The molecule has 0 rings (SSSR count). The second kappa shape index (κ2) is 20.8. The van der Waals surface area contributed by atoms with Gasteiger partial charge in [0.15, 0.2) is 5.78 Å². The number of rotatable bonds is 4. The maximum atomic E-state index is 9.56. The molecule has 0 aliphatic carbocycles. The predicted octanol–water partition coefficient (Wildman–Crippen LogP) is -2.10. The van der Waals surface area contributed by atoms with E-state index in [0.717, 1.165) is 0 Å². The summed E-state index contributed by atoms with van der Waals surface area (Å²) in [4.78, 5) is 9.56. The summed E-state index contributed by atoms with van der Waals surface area (Å²) in [5.74, 6) is -0.190. The van der Waals surface area contributed by atoms with Crippen LogP contribution in [0.15, 0.2) is 0 Å². The van der Waals surface area contributed by atoms with E-state index in [0.29, 0.717) is 0 Å². The number of hydrogen-bond donors (Lipinski definition) is 6. The van der Waals surface area contributed by atoms with Gasteiger partial charge in [-0.2, -0.15) is 0 Å². The van der Waals surface area contributed by atoms with Crippen LogP contribution in [0.2, 0.25) is 0 Å². The van der Waals surface area contributed by atoms with Crippen LogP contribution in [0.25, 0.3) is 0 Å². The highest BCUT2D eigenvalue weighted by Gasteiger charge is 1.93. The summed E-state index contributed by atoms with van der Waals surface area (Å²) in [5.41, 5.74) is 0. The molecule has 0 bridgehead atoms. The normalized spacial score (nSPS) is 10.2. The summed E-state index contributed by atoms with van der Waals surface area (Å²) in [5, 5.41) is 47.8. The lowest BCUT2D eigenvalue weighted by Gasteiger charge is -1.96. The van der Waals surface area contributed by atoms with E-state index in [9.17, 15) is 4.79 Å². The first-order valence-corrected chi connectivity index (χ1v) is 4.64. The molecule has 17 heavy (non-hydrogen) atoms. The molecule has 7 nitrogen and oxygen atoms in total. The van der Waals surface area contributed by atoms with Crippen molar-refractivity contribution in [2.75, 3.05) is 26.4 Å². The highest BCUT2D eigenvalue weighted by Crippen LogP contribution is 1.71. The number of aliphatic hydroxyl groups excluding tert-OH is 6. The van der Waals surface area contributed by atoms with Crippen LogP contribution >= 0.6 is 0 Å². The minimum Gasteiger partial charge on any atom is -0.394 e. The SMILES string of the molecule is C.CC(=O)CO.CC(O)CO.OCC(O)CO. The highest BCUT2D eigenvalue weighted by molar-refractivity contribution is 5.76. The highest BCUT2D eigenvalue weighted by atomic mass is 16.3. The van der Waals surface area contributed by atoms with Gasteiger partial charge in [-0.1, -0.05) is 7.43 Å². The monoisotopic (exact) mass is 258 g/mol. The Balaban J connectivity index is -0.0000000729. The van der Waals surface area contributed by atoms with Crippen LogP contribution in [0.4, 0.5) is 0 Å². The molecule has 1 atom stereocenters. The van der Waals surface area contributed by atoms with Crippen molar-refractivity contribution in [1.29, 1.82) is 0 Å². The zero-order valence-electron chi connectivity index (χ0n) is 9.57. The fraction of sp³-hybridized carbons (Fsp3) is 0.900. The average Bonchev–Trinajstić information content (AvgIpc) is 2.29. The van der Waals surface area contributed by atoms with Crippen molar-refractivity contribution >= 4 is 5.78 Å². The van der Waals surface area contributed by atoms with Crippen molar-refractivity contribution in [2.45, 2.75) is 33.5 Å². The molecule has 7 heteroatoms. The Morgan fingerprint density at radius 1 is 1.00 bits per heavy atom. The van der Waals surface area contributed by atoms with Gasteiger partial charge in [0.05, 0.1) is 25.9 Å². The van der Waals surface area contributed by atoms with Gasteiger partial charge < -0.3 is 30.6 Å². The van der Waals surface area contributed by atoms with Crippen LogP contribution in [0.3, 0.4) is 0 Å². The van der Waals surface area contributed by atoms with Crippen LogP contribution in [0.5, 0.6) is 0 Å². The number of carbonyl (C=O) groups excluding carboxylic acids is 1. The van der Waals surface area contributed by atoms with E-state index in [1.165, 1.54) is 13.8 Å². The maximum Gasteiger partial charge on any atom is 0.155 e. The summed E-state index contributed by atoms with van der Waals surface area (Å²) < 4.78 is 0. The first kappa shape index (κ1) is 25.3. The third-order valence-electron chi connectivity index (χ3n) is 0.908. The number of ketones is 1. The molecule has 0 aliphatic rings. The smallest absolute Gasteiger partial charge is 0.155 e. The predicted molar refractivity (Wildman–Crippen MR) is 63.4 cm³/mol. The van der Waals surface area contributed by atoms with Gasteiger partial charge in [-0.15, -0.1) is 0 Å². The minimum absolute atomic E-state index is 0. The van der Waals surface area contributed by atoms with Crippen molar-refractivity contribution in [3.05, 3.63) is 0 Å². The first-order chi connectivity index (χ1) is 7.35. The molecule has 0 heterocycles. The quantitative estimate of drug-likeness (QED) is 0.339. The third kappa shape index (κ3) is 50.4. The Hall–Kier alpha value is -0.570. The van der Waals surface area contributed by atoms with Gasteiger partial charge in [-0.3, -0.25) is 4.79 Å². The van der Waals surface area contributed by atoms with E-state index < -0.39 is 12.2 Å². The molecule has 0 saturated carbocycles. The Morgan fingerprint density at radius 2 is 1.24 bits per heavy atom. The first-order valence-electron chi connectivity index (χ1n) is 4.64. The number of hydrogen-bond acceptors (Lipinski definition) is 7. The van der Waals surface area contributed by atoms with Crippen molar-refractivity contribution in [3.63, 3.8) is 0 Å². The summed E-state index contributed by atoms with van der Waals surface area (Å²) in [6.45, 7) is 1.66. The molecule has 0 radical (unpaired) electrons. The van der Waals surface area contributed by atoms with Gasteiger partial charge in [-0.05, 0) is 13.8 Å². The van der Waals surface area contributed by atoms with Crippen LogP contribution in [-0.2, 0) is 4.79 Å². The van der Waals surface area contributed by atoms with Crippen LogP contribution in [-0.4, -0.2) is 75.1 Å². The molecule has 6 N–H and O–H groups in total. The molecule has 1 unspecified atom stereocenters. The molecule has 0 spiro atoms. The van der Waals surface area contributed by atoms with Crippen LogP contribution in [0.1, 0.15) is 21.3 Å². The van der Waals surface area contributed by atoms with E-state index in [4.69, 9.17) is 30.6 Å². The minimum atomic E-state index is -0.954. The summed E-state index contributed by atoms with van der Waals surface area (Å²) in [7, 11) is 0. The van der Waals surface area contributed by atoms with E-state index in [1.54, 1.807) is 0 Å². The van der Waals surface area contributed by atoms with Gasteiger partial charge in [0.1, 0.15) is 12.7 Å². The van der Waals surface area contributed by atoms with Crippen molar-refractivity contribution < 1.29 is 35.4 Å². The number of Topliss-reactive ketones (excluding diaryl/α,β-unsaturated/α-hetero) is 1. The summed E-state index contributed by atoms with van der Waals surface area (Å²) in [6.07, 6.45) is -1.51. The molecule has 0 aromatic heterocycles. The molecule has 0 aliphatic heterocycles. The van der Waals surface area contributed by atoms with E-state index >= 15 is 0 Å². The van der Waals surface area contributed by atoms with Gasteiger partial charge >= 0.3 is 0 Å². The topological polar surface area (TPSA) is 138 Å². The number of carbonyl (C=O) groups is 1. The van der Waals surface area contributed by atoms with Gasteiger partial charge in [0, 0.05) is 0 Å². The lowest BCUT2D eigenvalue weighted by molar-refractivity contribution is -0.119. The molecular formula is C10H26O7. The van der Waals surface area contributed by atoms with Crippen molar-refractivity contribution in [2.24, 2.45) is 0 Å². The Morgan fingerprint density at radius 3 is 1.24 bits per heavy atom. The van der Waals surface area contributed by atoms with E-state index in [1.807, 2.05) is 0 Å². The Kier molecular flexibility index (Phi) is 31.0. The molecule has 0 aromatic rings. The van der Waals surface area contributed by atoms with Gasteiger partial charge in [0.25, 0.3) is 0 Å². The summed E-state index contributed by atoms with van der Waals surface area (Å²) in [6, 6.07) is 0. The standard InChI is InChI=1S/C3H8O3.C3H8O2.C3H6O2.CH4/c4-1-3(6)2-5;2*1-3(5)2-4;/h3-6H,1-2H2;3-5H,2H2,1H3;4H,2H2,1H3;1H4. The number of aliphatic hydroxyl groups is 6. The largest absolute Gasteiger partial charge is 0.394 e. The summed E-state index contributed by atoms with van der Waals surface area (Å²) >= 11 is 0. The van der Waals surface area contributed by atoms with Crippen LogP contribution in [0, 0.1) is 0 Å². The maximum absolute atomic E-state index is 9.56. The van der Waals surface area contributed by atoms with E-state index in [2.05, 4.69) is 0 Å². The van der Waals surface area contributed by atoms with Crippen molar-refractivity contribution in [3.8, 4) is 0 Å². The molecule has 108 valence electrons. The second-order valence-electron chi connectivity index (χ2n) is 2.91. The Labute approximate surface area is 102 Å². The zero-order chi connectivity index (χ0) is 13.6. The van der Waals surface area contributed by atoms with Crippen molar-refractivity contribution in [1.82, 2.24) is 0 Å². The van der Waals surface area contributed by atoms with Gasteiger partial charge in [-0.25, -0.2) is 0 Å². The lowest BCUT2D eigenvalue weighted by atomic mass is 10.4. The zero-order valence-corrected chi connectivity index (χ0v) is 9.57. The Bertz CT molecular complexity index is 135. The fourth-order valence-corrected chi connectivity index (χ4v) is 0.0577. The van der Waals surface area contributed by atoms with E-state index in [-0.39, 0.29) is 39.6 Å². The average molecular weight is 258 g/mol. The molecule has 0 saturated heterocycles. The van der Waals surface area contributed by atoms with Crippen LogP contribution < -0.4 is 0 Å².